The highest BCUT2D eigenvalue weighted by molar-refractivity contribution is 5.97. The Morgan fingerprint density at radius 2 is 1.79 bits per heavy atom. The SMILES string of the molecule is COc1ccc(NC(=O)[C@H]2[C@@H](C(=O)NCc3cccnc3)[C@@H]3C=C[C@H]2O3)cc1. The van der Waals surface area contributed by atoms with E-state index in [1.54, 1.807) is 43.8 Å². The minimum Gasteiger partial charge on any atom is -0.497 e. The van der Waals surface area contributed by atoms with Gasteiger partial charge in [-0.25, -0.2) is 0 Å². The summed E-state index contributed by atoms with van der Waals surface area (Å²) in [5.41, 5.74) is 1.54. The second-order valence-corrected chi connectivity index (χ2v) is 6.80. The van der Waals surface area contributed by atoms with Gasteiger partial charge in [-0.05, 0) is 35.9 Å². The fraction of sp³-hybridized carbons (Fsp3) is 0.286. The van der Waals surface area contributed by atoms with Crippen molar-refractivity contribution in [3.8, 4) is 5.75 Å². The van der Waals surface area contributed by atoms with Gasteiger partial charge in [0.15, 0.2) is 0 Å². The van der Waals surface area contributed by atoms with E-state index in [0.717, 1.165) is 5.56 Å². The molecule has 7 heteroatoms. The number of aromatic nitrogens is 1. The molecule has 0 unspecified atom stereocenters. The largest absolute Gasteiger partial charge is 0.497 e. The molecular weight excluding hydrogens is 358 g/mol. The van der Waals surface area contributed by atoms with Crippen molar-refractivity contribution >= 4 is 17.5 Å². The lowest BCUT2D eigenvalue weighted by Crippen LogP contribution is -2.44. The Balaban J connectivity index is 1.44. The summed E-state index contributed by atoms with van der Waals surface area (Å²) in [4.78, 5) is 29.8. The Hall–Kier alpha value is -3.19. The molecule has 1 aromatic heterocycles. The predicted molar refractivity (Wildman–Crippen MR) is 102 cm³/mol. The van der Waals surface area contributed by atoms with Crippen LogP contribution in [0.2, 0.25) is 0 Å². The van der Waals surface area contributed by atoms with Crippen LogP contribution in [0, 0.1) is 11.8 Å². The van der Waals surface area contributed by atoms with E-state index in [4.69, 9.17) is 9.47 Å². The molecule has 0 radical (unpaired) electrons. The monoisotopic (exact) mass is 379 g/mol. The van der Waals surface area contributed by atoms with Crippen LogP contribution < -0.4 is 15.4 Å². The number of pyridine rings is 1. The summed E-state index contributed by atoms with van der Waals surface area (Å²) in [6.45, 7) is 0.358. The van der Waals surface area contributed by atoms with Crippen molar-refractivity contribution in [2.24, 2.45) is 11.8 Å². The van der Waals surface area contributed by atoms with Gasteiger partial charge in [0.05, 0.1) is 31.2 Å². The molecule has 1 saturated heterocycles. The molecule has 2 aromatic rings. The Morgan fingerprint density at radius 3 is 2.43 bits per heavy atom. The number of anilines is 1. The van der Waals surface area contributed by atoms with Gasteiger partial charge in [0, 0.05) is 24.6 Å². The van der Waals surface area contributed by atoms with Crippen LogP contribution in [0.15, 0.2) is 60.9 Å². The van der Waals surface area contributed by atoms with E-state index >= 15 is 0 Å². The van der Waals surface area contributed by atoms with Crippen LogP contribution in [0.5, 0.6) is 5.75 Å². The zero-order chi connectivity index (χ0) is 19.5. The van der Waals surface area contributed by atoms with Crippen molar-refractivity contribution in [3.05, 3.63) is 66.5 Å². The fourth-order valence-corrected chi connectivity index (χ4v) is 3.64. The summed E-state index contributed by atoms with van der Waals surface area (Å²) >= 11 is 0. The maximum Gasteiger partial charge on any atom is 0.231 e. The maximum absolute atomic E-state index is 12.9. The Bertz CT molecular complexity index is 882. The summed E-state index contributed by atoms with van der Waals surface area (Å²) in [6.07, 6.45) is 6.32. The van der Waals surface area contributed by atoms with Crippen molar-refractivity contribution < 1.29 is 19.1 Å². The van der Waals surface area contributed by atoms with Gasteiger partial charge in [0.1, 0.15) is 5.75 Å². The second-order valence-electron chi connectivity index (χ2n) is 6.80. The molecule has 0 aliphatic carbocycles. The minimum absolute atomic E-state index is 0.199. The molecule has 1 fully saturated rings. The highest BCUT2D eigenvalue weighted by Crippen LogP contribution is 2.40. The van der Waals surface area contributed by atoms with Crippen molar-refractivity contribution in [1.82, 2.24) is 10.3 Å². The van der Waals surface area contributed by atoms with Crippen LogP contribution >= 0.6 is 0 Å². The molecule has 28 heavy (non-hydrogen) atoms. The van der Waals surface area contributed by atoms with Gasteiger partial charge < -0.3 is 20.1 Å². The number of hydrogen-bond acceptors (Lipinski definition) is 5. The highest BCUT2D eigenvalue weighted by atomic mass is 16.5. The van der Waals surface area contributed by atoms with E-state index < -0.39 is 17.9 Å². The summed E-state index contributed by atoms with van der Waals surface area (Å²) < 4.78 is 10.9. The maximum atomic E-state index is 12.9. The van der Waals surface area contributed by atoms with E-state index in [1.807, 2.05) is 24.3 Å². The Morgan fingerprint density at radius 1 is 1.07 bits per heavy atom. The van der Waals surface area contributed by atoms with Crippen molar-refractivity contribution in [1.29, 1.82) is 0 Å². The summed E-state index contributed by atoms with van der Waals surface area (Å²) in [6, 6.07) is 10.8. The third-order valence-electron chi connectivity index (χ3n) is 5.05. The van der Waals surface area contributed by atoms with Crippen LogP contribution in [0.4, 0.5) is 5.69 Å². The number of ether oxygens (including phenoxy) is 2. The molecule has 0 saturated carbocycles. The first-order valence-electron chi connectivity index (χ1n) is 9.11. The number of rotatable bonds is 6. The Kier molecular flexibility index (Phi) is 5.08. The summed E-state index contributed by atoms with van der Waals surface area (Å²) in [5.74, 6) is -0.869. The zero-order valence-electron chi connectivity index (χ0n) is 15.4. The predicted octanol–water partition coefficient (Wildman–Crippen LogP) is 1.91. The number of nitrogens with one attached hydrogen (secondary N) is 2. The number of benzene rings is 1. The van der Waals surface area contributed by atoms with Crippen LogP contribution in [-0.2, 0) is 20.9 Å². The second kappa shape index (κ2) is 7.82. The standard InChI is InChI=1S/C21H21N3O4/c1-27-15-6-4-14(5-7-15)24-21(26)19-17-9-8-16(28-17)18(19)20(25)23-12-13-3-2-10-22-11-13/h2-11,16-19H,12H2,1H3,(H,23,25)(H,24,26)/t16-,17+,18-,19+/m0/s1. The van der Waals surface area contributed by atoms with Gasteiger partial charge in [-0.2, -0.15) is 0 Å². The third kappa shape index (κ3) is 3.61. The first-order valence-corrected chi connectivity index (χ1v) is 9.11. The van der Waals surface area contributed by atoms with Gasteiger partial charge >= 0.3 is 0 Å². The molecule has 2 aliphatic rings. The number of carbonyl (C=O) groups excluding carboxylic acids is 2. The lowest BCUT2D eigenvalue weighted by atomic mass is 9.81. The van der Waals surface area contributed by atoms with Gasteiger partial charge in [-0.3, -0.25) is 14.6 Å². The average Bonchev–Trinajstić information content (AvgIpc) is 3.35. The number of carbonyl (C=O) groups is 2. The smallest absolute Gasteiger partial charge is 0.231 e. The molecule has 2 amide bonds. The third-order valence-corrected chi connectivity index (χ3v) is 5.05. The summed E-state index contributed by atoms with van der Waals surface area (Å²) in [7, 11) is 1.58. The molecule has 3 heterocycles. The number of amides is 2. The number of hydrogen-bond donors (Lipinski definition) is 2. The van der Waals surface area contributed by atoms with Gasteiger partial charge in [-0.1, -0.05) is 18.2 Å². The molecular formula is C21H21N3O4. The molecule has 144 valence electrons. The van der Waals surface area contributed by atoms with E-state index in [2.05, 4.69) is 15.6 Å². The van der Waals surface area contributed by atoms with Gasteiger partial charge in [0.25, 0.3) is 0 Å². The van der Waals surface area contributed by atoms with E-state index in [-0.39, 0.29) is 17.9 Å². The van der Waals surface area contributed by atoms with E-state index in [1.165, 1.54) is 0 Å². The van der Waals surface area contributed by atoms with Crippen LogP contribution in [0.1, 0.15) is 5.56 Å². The van der Waals surface area contributed by atoms with Crippen LogP contribution in [-0.4, -0.2) is 36.1 Å². The molecule has 4 rings (SSSR count). The van der Waals surface area contributed by atoms with Crippen LogP contribution in [0.3, 0.4) is 0 Å². The molecule has 0 spiro atoms. The first-order chi connectivity index (χ1) is 13.7. The lowest BCUT2D eigenvalue weighted by molar-refractivity contribution is -0.131. The number of fused-ring (bicyclic) bond motifs is 2. The van der Waals surface area contributed by atoms with Crippen molar-refractivity contribution in [2.75, 3.05) is 12.4 Å². The van der Waals surface area contributed by atoms with E-state index in [0.29, 0.717) is 18.0 Å². The molecule has 7 nitrogen and oxygen atoms in total. The van der Waals surface area contributed by atoms with Crippen LogP contribution in [0.25, 0.3) is 0 Å². The lowest BCUT2D eigenvalue weighted by Gasteiger charge is -2.23. The molecule has 2 N–H and O–H groups in total. The number of nitrogens with zero attached hydrogens (tertiary/aromatic N) is 1. The molecule has 2 aliphatic heterocycles. The number of methoxy groups -OCH3 is 1. The fourth-order valence-electron chi connectivity index (χ4n) is 3.64. The Labute approximate surface area is 162 Å². The normalized spacial score (nSPS) is 24.8. The average molecular weight is 379 g/mol. The van der Waals surface area contributed by atoms with Gasteiger partial charge in [0.2, 0.25) is 11.8 Å². The molecule has 1 aromatic carbocycles. The van der Waals surface area contributed by atoms with E-state index in [9.17, 15) is 9.59 Å². The topological polar surface area (TPSA) is 89.5 Å². The molecule has 4 atom stereocenters. The summed E-state index contributed by atoms with van der Waals surface area (Å²) in [5, 5.41) is 5.78. The minimum atomic E-state index is -0.578. The van der Waals surface area contributed by atoms with Crippen molar-refractivity contribution in [3.63, 3.8) is 0 Å². The quantitative estimate of drug-likeness (QED) is 0.749. The van der Waals surface area contributed by atoms with Crippen molar-refractivity contribution in [2.45, 2.75) is 18.8 Å². The first kappa shape index (κ1) is 18.2. The van der Waals surface area contributed by atoms with Gasteiger partial charge in [-0.15, -0.1) is 0 Å². The zero-order valence-corrected chi connectivity index (χ0v) is 15.4. The molecule has 2 bridgehead atoms. The highest BCUT2D eigenvalue weighted by Gasteiger charge is 2.52.